The lowest BCUT2D eigenvalue weighted by Gasteiger charge is -2.39. The summed E-state index contributed by atoms with van der Waals surface area (Å²) in [6.45, 7) is 4.52. The topological polar surface area (TPSA) is 81.8 Å². The van der Waals surface area contributed by atoms with Crippen molar-refractivity contribution >= 4 is 17.7 Å². The summed E-state index contributed by atoms with van der Waals surface area (Å²) in [7, 11) is 0. The van der Waals surface area contributed by atoms with Crippen LogP contribution in [-0.2, 0) is 22.7 Å². The molecule has 4 aliphatic heterocycles. The molecule has 0 spiro atoms. The van der Waals surface area contributed by atoms with Gasteiger partial charge in [0.15, 0.2) is 0 Å². The number of hydrogen-bond donors (Lipinski definition) is 2. The summed E-state index contributed by atoms with van der Waals surface area (Å²) < 4.78 is 0. The van der Waals surface area contributed by atoms with Gasteiger partial charge in [-0.2, -0.15) is 0 Å². The molecule has 1 aromatic rings. The van der Waals surface area contributed by atoms with Crippen LogP contribution in [0.5, 0.6) is 0 Å². The molecule has 30 heavy (non-hydrogen) atoms. The smallest absolute Gasteiger partial charge is 0.255 e. The van der Waals surface area contributed by atoms with E-state index in [-0.39, 0.29) is 24.1 Å². The summed E-state index contributed by atoms with van der Waals surface area (Å²) in [5.74, 6) is 0.0290. The highest BCUT2D eigenvalue weighted by Crippen LogP contribution is 2.33. The van der Waals surface area contributed by atoms with Crippen molar-refractivity contribution in [2.24, 2.45) is 5.92 Å². The van der Waals surface area contributed by atoms with E-state index in [9.17, 15) is 14.4 Å². The Morgan fingerprint density at radius 3 is 2.77 bits per heavy atom. The first kappa shape index (κ1) is 19.7. The molecule has 0 saturated carbocycles. The number of nitrogens with one attached hydrogen (secondary N) is 2. The van der Waals surface area contributed by atoms with Gasteiger partial charge in [0.25, 0.3) is 5.91 Å². The van der Waals surface area contributed by atoms with Crippen LogP contribution in [0.3, 0.4) is 0 Å². The van der Waals surface area contributed by atoms with Crippen LogP contribution < -0.4 is 10.6 Å². The monoisotopic (exact) mass is 410 g/mol. The number of imide groups is 1. The molecule has 0 bridgehead atoms. The lowest BCUT2D eigenvalue weighted by atomic mass is 9.89. The number of piperidine rings is 2. The highest BCUT2D eigenvalue weighted by molar-refractivity contribution is 6.05. The third-order valence-corrected chi connectivity index (χ3v) is 7.32. The lowest BCUT2D eigenvalue weighted by Crippen LogP contribution is -2.52. The summed E-state index contributed by atoms with van der Waals surface area (Å²) >= 11 is 0. The van der Waals surface area contributed by atoms with Crippen molar-refractivity contribution in [3.63, 3.8) is 0 Å². The van der Waals surface area contributed by atoms with Crippen molar-refractivity contribution in [3.8, 4) is 0 Å². The van der Waals surface area contributed by atoms with Gasteiger partial charge in [-0.1, -0.05) is 24.6 Å². The van der Waals surface area contributed by atoms with Gasteiger partial charge in [0.05, 0.1) is 0 Å². The van der Waals surface area contributed by atoms with E-state index in [0.717, 1.165) is 42.9 Å². The van der Waals surface area contributed by atoms with Gasteiger partial charge in [-0.15, -0.1) is 0 Å². The first-order chi connectivity index (χ1) is 14.6. The van der Waals surface area contributed by atoms with Crippen molar-refractivity contribution in [2.45, 2.75) is 63.7 Å². The minimum atomic E-state index is -0.553. The molecule has 3 saturated heterocycles. The largest absolute Gasteiger partial charge is 0.322 e. The molecule has 0 aliphatic carbocycles. The van der Waals surface area contributed by atoms with Gasteiger partial charge in [-0.3, -0.25) is 24.6 Å². The summed E-state index contributed by atoms with van der Waals surface area (Å²) in [6, 6.07) is 6.13. The molecular formula is C23H30N4O3. The van der Waals surface area contributed by atoms with Crippen LogP contribution in [0.15, 0.2) is 18.2 Å². The molecule has 1 aromatic carbocycles. The van der Waals surface area contributed by atoms with Crippen LogP contribution in [0.4, 0.5) is 0 Å². The maximum atomic E-state index is 13.4. The molecular weight excluding hydrogens is 380 g/mol. The van der Waals surface area contributed by atoms with Crippen LogP contribution in [0.2, 0.25) is 0 Å². The highest BCUT2D eigenvalue weighted by Gasteiger charge is 2.40. The summed E-state index contributed by atoms with van der Waals surface area (Å²) in [6.07, 6.45) is 5.65. The van der Waals surface area contributed by atoms with Gasteiger partial charge in [0.1, 0.15) is 6.04 Å². The molecule has 160 valence electrons. The molecule has 0 radical (unpaired) electrons. The molecule has 0 aromatic heterocycles. The van der Waals surface area contributed by atoms with Gasteiger partial charge in [-0.25, -0.2) is 0 Å². The Labute approximate surface area is 177 Å². The van der Waals surface area contributed by atoms with Crippen LogP contribution in [0.25, 0.3) is 0 Å². The molecule has 3 unspecified atom stereocenters. The minimum absolute atomic E-state index is 0.0637. The zero-order valence-electron chi connectivity index (χ0n) is 17.4. The zero-order chi connectivity index (χ0) is 20.7. The number of fused-ring (bicyclic) bond motifs is 1. The van der Waals surface area contributed by atoms with Crippen LogP contribution in [-0.4, -0.2) is 59.2 Å². The zero-order valence-corrected chi connectivity index (χ0v) is 17.4. The number of benzene rings is 1. The number of nitrogens with zero attached hydrogens (tertiary/aromatic N) is 2. The van der Waals surface area contributed by atoms with E-state index >= 15 is 0 Å². The summed E-state index contributed by atoms with van der Waals surface area (Å²) in [5, 5.41) is 5.89. The summed E-state index contributed by atoms with van der Waals surface area (Å²) in [4.78, 5) is 41.4. The average molecular weight is 411 g/mol. The maximum Gasteiger partial charge on any atom is 0.255 e. The van der Waals surface area contributed by atoms with E-state index in [0.29, 0.717) is 24.9 Å². The van der Waals surface area contributed by atoms with E-state index in [4.69, 9.17) is 0 Å². The first-order valence-corrected chi connectivity index (χ1v) is 11.3. The number of carbonyl (C=O) groups excluding carboxylic acids is 3. The van der Waals surface area contributed by atoms with Crippen LogP contribution >= 0.6 is 0 Å². The number of likely N-dealkylation sites (tertiary alicyclic amines) is 1. The molecule has 4 heterocycles. The quantitative estimate of drug-likeness (QED) is 0.734. The van der Waals surface area contributed by atoms with E-state index < -0.39 is 6.04 Å². The molecule has 5 rings (SSSR count). The van der Waals surface area contributed by atoms with E-state index in [2.05, 4.69) is 21.6 Å². The first-order valence-electron chi connectivity index (χ1n) is 11.3. The fourth-order valence-electron chi connectivity index (χ4n) is 5.79. The fraction of sp³-hybridized carbons (Fsp3) is 0.609. The van der Waals surface area contributed by atoms with Gasteiger partial charge in [-0.05, 0) is 62.4 Å². The summed E-state index contributed by atoms with van der Waals surface area (Å²) in [5.41, 5.74) is 2.85. The van der Waals surface area contributed by atoms with Crippen molar-refractivity contribution < 1.29 is 14.4 Å². The predicted octanol–water partition coefficient (Wildman–Crippen LogP) is 1.41. The number of carbonyl (C=O) groups is 3. The van der Waals surface area contributed by atoms with Crippen molar-refractivity contribution in [1.29, 1.82) is 0 Å². The number of rotatable bonds is 4. The lowest BCUT2D eigenvalue weighted by molar-refractivity contribution is -0.136. The molecule has 3 fully saturated rings. The molecule has 3 amide bonds. The predicted molar refractivity (Wildman–Crippen MR) is 112 cm³/mol. The minimum Gasteiger partial charge on any atom is -0.322 e. The second-order valence-electron chi connectivity index (χ2n) is 9.14. The molecule has 2 N–H and O–H groups in total. The Hall–Kier alpha value is -2.25. The second-order valence-corrected chi connectivity index (χ2v) is 9.14. The van der Waals surface area contributed by atoms with E-state index in [1.54, 1.807) is 4.90 Å². The third kappa shape index (κ3) is 3.54. The highest BCUT2D eigenvalue weighted by atomic mass is 16.2. The van der Waals surface area contributed by atoms with Gasteiger partial charge >= 0.3 is 0 Å². The second kappa shape index (κ2) is 8.12. The molecule has 7 nitrogen and oxygen atoms in total. The Kier molecular flexibility index (Phi) is 5.33. The van der Waals surface area contributed by atoms with Crippen LogP contribution in [0, 0.1) is 5.92 Å². The normalized spacial score (nSPS) is 29.9. The van der Waals surface area contributed by atoms with Crippen molar-refractivity contribution in [1.82, 2.24) is 20.4 Å². The number of amides is 3. The Balaban J connectivity index is 1.37. The molecule has 7 heteroatoms. The van der Waals surface area contributed by atoms with E-state index in [1.165, 1.54) is 25.7 Å². The third-order valence-electron chi connectivity index (χ3n) is 7.32. The standard InChI is InChI=1S/C23H30N4O3/c28-20-8-7-19(22(29)25-20)27-14-17-5-3-4-16(21(17)23(27)30)13-26-11-2-1-6-18(26)15-9-10-24-12-15/h3-5,15,18-19,24H,1-2,6-14H2,(H,25,28,29). The molecule has 3 atom stereocenters. The van der Waals surface area contributed by atoms with Gasteiger partial charge in [0, 0.05) is 31.1 Å². The number of hydrogen-bond acceptors (Lipinski definition) is 5. The Bertz CT molecular complexity index is 864. The van der Waals surface area contributed by atoms with E-state index in [1.807, 2.05) is 12.1 Å². The van der Waals surface area contributed by atoms with Crippen LogP contribution in [0.1, 0.15) is 60.0 Å². The molecule has 4 aliphatic rings. The Morgan fingerprint density at radius 2 is 1.97 bits per heavy atom. The van der Waals surface area contributed by atoms with Crippen molar-refractivity contribution in [2.75, 3.05) is 19.6 Å². The van der Waals surface area contributed by atoms with Gasteiger partial charge in [0.2, 0.25) is 11.8 Å². The fourth-order valence-corrected chi connectivity index (χ4v) is 5.79. The SMILES string of the molecule is O=C1CCC(N2Cc3cccc(CN4CCCCC4C4CCNC4)c3C2=O)C(=O)N1. The average Bonchev–Trinajstić information content (AvgIpc) is 3.38. The van der Waals surface area contributed by atoms with Crippen molar-refractivity contribution in [3.05, 3.63) is 34.9 Å². The Morgan fingerprint density at radius 1 is 1.07 bits per heavy atom. The maximum absolute atomic E-state index is 13.4. The van der Waals surface area contributed by atoms with Gasteiger partial charge < -0.3 is 10.2 Å².